The Labute approximate surface area is 193 Å². The first-order valence-corrected chi connectivity index (χ1v) is 11.0. The van der Waals surface area contributed by atoms with Crippen molar-refractivity contribution in [3.63, 3.8) is 0 Å². The number of Topliss-reactive ketones (excluding diaryl/α,β-unsaturated/α-hetero) is 1. The van der Waals surface area contributed by atoms with E-state index in [1.807, 2.05) is 76.2 Å². The van der Waals surface area contributed by atoms with E-state index in [1.54, 1.807) is 18.2 Å². The summed E-state index contributed by atoms with van der Waals surface area (Å²) in [4.78, 5) is 28.1. The first kappa shape index (κ1) is 22.3. The smallest absolute Gasteiger partial charge is 0.300 e. The highest BCUT2D eigenvalue weighted by atomic mass is 16.5. The van der Waals surface area contributed by atoms with E-state index in [4.69, 9.17) is 4.74 Å². The number of ether oxygens (including phenoxy) is 1. The third kappa shape index (κ3) is 3.91. The zero-order valence-electron chi connectivity index (χ0n) is 19.3. The first-order chi connectivity index (χ1) is 15.8. The van der Waals surface area contributed by atoms with Gasteiger partial charge in [-0.1, -0.05) is 42.5 Å². The number of amides is 1. The summed E-state index contributed by atoms with van der Waals surface area (Å²) in [6.45, 7) is 8.21. The van der Waals surface area contributed by atoms with E-state index >= 15 is 0 Å². The fourth-order valence-electron chi connectivity index (χ4n) is 4.30. The number of rotatable bonds is 5. The molecule has 1 N–H and O–H groups in total. The number of carbonyl (C=O) groups excluding carboxylic acids is 2. The summed E-state index contributed by atoms with van der Waals surface area (Å²) in [6, 6.07) is 19.5. The number of hydrogen-bond donors (Lipinski definition) is 1. The summed E-state index contributed by atoms with van der Waals surface area (Å²) in [6.07, 6.45) is 0. The van der Waals surface area contributed by atoms with Crippen LogP contribution in [0.2, 0.25) is 0 Å². The maximum atomic E-state index is 13.3. The zero-order chi connectivity index (χ0) is 23.7. The number of hydrogen-bond acceptors (Lipinski definition) is 4. The van der Waals surface area contributed by atoms with E-state index in [-0.39, 0.29) is 11.3 Å². The van der Waals surface area contributed by atoms with Gasteiger partial charge in [0.1, 0.15) is 11.5 Å². The second-order valence-electron chi connectivity index (χ2n) is 8.21. The molecule has 1 fully saturated rings. The van der Waals surface area contributed by atoms with Gasteiger partial charge in [-0.05, 0) is 74.2 Å². The topological polar surface area (TPSA) is 66.8 Å². The van der Waals surface area contributed by atoms with E-state index in [9.17, 15) is 14.7 Å². The molecule has 0 aliphatic carbocycles. The molecule has 1 atom stereocenters. The molecular formula is C28H27NO4. The van der Waals surface area contributed by atoms with Crippen molar-refractivity contribution in [3.8, 4) is 5.75 Å². The second-order valence-corrected chi connectivity index (χ2v) is 8.21. The van der Waals surface area contributed by atoms with Crippen LogP contribution in [-0.4, -0.2) is 23.4 Å². The number of carbonyl (C=O) groups is 2. The molecule has 1 amide bonds. The van der Waals surface area contributed by atoms with E-state index < -0.39 is 17.7 Å². The number of aliphatic hydroxyl groups is 1. The molecule has 4 rings (SSSR count). The Morgan fingerprint density at radius 2 is 1.67 bits per heavy atom. The third-order valence-electron chi connectivity index (χ3n) is 6.14. The average molecular weight is 442 g/mol. The number of anilines is 1. The quantitative estimate of drug-likeness (QED) is 0.316. The summed E-state index contributed by atoms with van der Waals surface area (Å²) in [5, 5.41) is 11.3. The molecule has 5 nitrogen and oxygen atoms in total. The van der Waals surface area contributed by atoms with Crippen LogP contribution in [0.15, 0.2) is 72.3 Å². The first-order valence-electron chi connectivity index (χ1n) is 11.0. The van der Waals surface area contributed by atoms with E-state index in [0.717, 1.165) is 22.3 Å². The summed E-state index contributed by atoms with van der Waals surface area (Å²) in [5.41, 5.74) is 4.72. The maximum absolute atomic E-state index is 13.3. The minimum atomic E-state index is -0.737. The molecular weight excluding hydrogens is 414 g/mol. The van der Waals surface area contributed by atoms with Crippen molar-refractivity contribution in [2.45, 2.75) is 33.7 Å². The molecule has 1 aliphatic rings. The van der Waals surface area contributed by atoms with Crippen LogP contribution >= 0.6 is 0 Å². The van der Waals surface area contributed by atoms with Crippen LogP contribution in [0.5, 0.6) is 5.75 Å². The highest BCUT2D eigenvalue weighted by molar-refractivity contribution is 6.51. The maximum Gasteiger partial charge on any atom is 0.300 e. The molecule has 0 radical (unpaired) electrons. The molecule has 0 aromatic heterocycles. The Kier molecular flexibility index (Phi) is 6.05. The molecule has 1 aliphatic heterocycles. The molecule has 3 aromatic rings. The Balaban J connectivity index is 1.93. The third-order valence-corrected chi connectivity index (χ3v) is 6.14. The van der Waals surface area contributed by atoms with Crippen LogP contribution < -0.4 is 9.64 Å². The van der Waals surface area contributed by atoms with Gasteiger partial charge >= 0.3 is 0 Å². The van der Waals surface area contributed by atoms with Crippen molar-refractivity contribution < 1.29 is 19.4 Å². The predicted molar refractivity (Wildman–Crippen MR) is 129 cm³/mol. The molecule has 1 unspecified atom stereocenters. The van der Waals surface area contributed by atoms with E-state index in [0.29, 0.717) is 23.6 Å². The van der Waals surface area contributed by atoms with Crippen LogP contribution in [0.3, 0.4) is 0 Å². The zero-order valence-corrected chi connectivity index (χ0v) is 19.3. The SMILES string of the molecule is CCOc1ccc(/C(O)=C2\C(=O)C(=O)N(c3cccc(C)c3C)C2c2ccccc2)cc1C. The van der Waals surface area contributed by atoms with Gasteiger partial charge < -0.3 is 9.84 Å². The lowest BCUT2D eigenvalue weighted by Gasteiger charge is -2.27. The Hall–Kier alpha value is -3.86. The molecule has 33 heavy (non-hydrogen) atoms. The van der Waals surface area contributed by atoms with E-state index in [1.165, 1.54) is 4.90 Å². The minimum Gasteiger partial charge on any atom is -0.507 e. The fourth-order valence-corrected chi connectivity index (χ4v) is 4.30. The molecule has 0 bridgehead atoms. The van der Waals surface area contributed by atoms with Gasteiger partial charge in [-0.3, -0.25) is 14.5 Å². The van der Waals surface area contributed by atoms with Gasteiger partial charge in [0.05, 0.1) is 18.2 Å². The largest absolute Gasteiger partial charge is 0.507 e. The van der Waals surface area contributed by atoms with Gasteiger partial charge in [-0.2, -0.15) is 0 Å². The predicted octanol–water partition coefficient (Wildman–Crippen LogP) is 5.64. The molecule has 1 saturated heterocycles. The normalized spacial score (nSPS) is 17.5. The minimum absolute atomic E-state index is 0.0793. The summed E-state index contributed by atoms with van der Waals surface area (Å²) in [7, 11) is 0. The summed E-state index contributed by atoms with van der Waals surface area (Å²) < 4.78 is 5.60. The molecule has 168 valence electrons. The van der Waals surface area contributed by atoms with Gasteiger partial charge in [0.25, 0.3) is 11.7 Å². The van der Waals surface area contributed by atoms with Gasteiger partial charge in [-0.25, -0.2) is 0 Å². The highest BCUT2D eigenvalue weighted by Crippen LogP contribution is 2.43. The Morgan fingerprint density at radius 1 is 0.939 bits per heavy atom. The monoisotopic (exact) mass is 441 g/mol. The molecule has 0 spiro atoms. The molecule has 1 heterocycles. The molecule has 3 aromatic carbocycles. The lowest BCUT2D eigenvalue weighted by atomic mass is 9.94. The molecule has 0 saturated carbocycles. The number of aliphatic hydroxyl groups excluding tert-OH is 1. The van der Waals surface area contributed by atoms with Gasteiger partial charge in [0.2, 0.25) is 0 Å². The van der Waals surface area contributed by atoms with Crippen LogP contribution in [-0.2, 0) is 9.59 Å². The van der Waals surface area contributed by atoms with Crippen molar-refractivity contribution in [1.82, 2.24) is 0 Å². The number of benzene rings is 3. The average Bonchev–Trinajstić information content (AvgIpc) is 3.08. The lowest BCUT2D eigenvalue weighted by molar-refractivity contribution is -0.132. The van der Waals surface area contributed by atoms with Crippen LogP contribution in [0, 0.1) is 20.8 Å². The van der Waals surface area contributed by atoms with Crippen molar-refractivity contribution in [1.29, 1.82) is 0 Å². The summed E-state index contributed by atoms with van der Waals surface area (Å²) in [5.74, 6) is -0.832. The lowest BCUT2D eigenvalue weighted by Crippen LogP contribution is -2.30. The standard InChI is InChI=1S/C28H27NO4/c1-5-33-23-15-14-21(16-18(23)3)26(30)24-25(20-11-7-6-8-12-20)29(28(32)27(24)31)22-13-9-10-17(2)19(22)4/h6-16,25,30H,5H2,1-4H3/b26-24+. The van der Waals surface area contributed by atoms with Gasteiger partial charge in [0, 0.05) is 11.3 Å². The number of aryl methyl sites for hydroxylation is 2. The summed E-state index contributed by atoms with van der Waals surface area (Å²) >= 11 is 0. The van der Waals surface area contributed by atoms with E-state index in [2.05, 4.69) is 0 Å². The van der Waals surface area contributed by atoms with Crippen LogP contribution in [0.1, 0.15) is 40.8 Å². The Morgan fingerprint density at radius 3 is 2.33 bits per heavy atom. The van der Waals surface area contributed by atoms with Crippen LogP contribution in [0.25, 0.3) is 5.76 Å². The van der Waals surface area contributed by atoms with Crippen molar-refractivity contribution in [2.75, 3.05) is 11.5 Å². The second kappa shape index (κ2) is 8.94. The van der Waals surface area contributed by atoms with Gasteiger partial charge in [-0.15, -0.1) is 0 Å². The number of ketones is 1. The van der Waals surface area contributed by atoms with Crippen molar-refractivity contribution in [2.24, 2.45) is 0 Å². The van der Waals surface area contributed by atoms with Crippen LogP contribution in [0.4, 0.5) is 5.69 Å². The van der Waals surface area contributed by atoms with Crippen molar-refractivity contribution in [3.05, 3.63) is 100 Å². The Bertz CT molecular complexity index is 1260. The number of nitrogens with zero attached hydrogens (tertiary/aromatic N) is 1. The highest BCUT2D eigenvalue weighted by Gasteiger charge is 2.47. The fraction of sp³-hybridized carbons (Fsp3) is 0.214. The molecule has 5 heteroatoms. The van der Waals surface area contributed by atoms with Crippen molar-refractivity contribution >= 4 is 23.1 Å². The van der Waals surface area contributed by atoms with Gasteiger partial charge in [0.15, 0.2) is 0 Å².